The third-order valence-electron chi connectivity index (χ3n) is 5.11. The van der Waals surface area contributed by atoms with Crippen molar-refractivity contribution in [3.63, 3.8) is 0 Å². The number of anilines is 2. The zero-order valence-electron chi connectivity index (χ0n) is 20.6. The van der Waals surface area contributed by atoms with Gasteiger partial charge in [-0.25, -0.2) is 10.4 Å². The van der Waals surface area contributed by atoms with Crippen molar-refractivity contribution >= 4 is 63.4 Å². The van der Waals surface area contributed by atoms with Crippen LogP contribution in [0.1, 0.15) is 22.8 Å². The number of ether oxygens (including phenoxy) is 2. The maximum absolute atomic E-state index is 12.6. The Bertz CT molecular complexity index is 1490. The zero-order chi connectivity index (χ0) is 27.8. The van der Waals surface area contributed by atoms with Gasteiger partial charge in [-0.2, -0.15) is 5.10 Å². The van der Waals surface area contributed by atoms with E-state index in [4.69, 9.17) is 38.4 Å². The van der Waals surface area contributed by atoms with Crippen molar-refractivity contribution in [3.8, 4) is 22.8 Å². The molecule has 1 heterocycles. The van der Waals surface area contributed by atoms with E-state index in [2.05, 4.69) is 20.8 Å². The van der Waals surface area contributed by atoms with E-state index in [1.54, 1.807) is 43.3 Å². The van der Waals surface area contributed by atoms with E-state index in [0.29, 0.717) is 28.5 Å². The number of thiazole rings is 1. The van der Waals surface area contributed by atoms with Crippen LogP contribution in [0.5, 0.6) is 11.5 Å². The number of hydrogen-bond acceptors (Lipinski definition) is 8. The van der Waals surface area contributed by atoms with Crippen molar-refractivity contribution in [1.29, 1.82) is 0 Å². The van der Waals surface area contributed by atoms with Gasteiger partial charge in [0.05, 0.1) is 23.5 Å². The van der Waals surface area contributed by atoms with Crippen molar-refractivity contribution < 1.29 is 19.1 Å². The molecule has 12 heteroatoms. The largest absolute Gasteiger partial charge is 0.490 e. The van der Waals surface area contributed by atoms with Crippen LogP contribution in [0.15, 0.2) is 71.1 Å². The van der Waals surface area contributed by atoms with Crippen molar-refractivity contribution in [2.45, 2.75) is 6.92 Å². The van der Waals surface area contributed by atoms with Crippen LogP contribution in [0, 0.1) is 0 Å². The van der Waals surface area contributed by atoms with Crippen molar-refractivity contribution in [3.05, 3.63) is 87.2 Å². The monoisotopic (exact) mass is 583 g/mol. The summed E-state index contributed by atoms with van der Waals surface area (Å²) in [6.07, 6.45) is 1.42. The number of rotatable bonds is 11. The Labute approximate surface area is 238 Å². The number of nitrogens with zero attached hydrogens (tertiary/aromatic N) is 2. The predicted molar refractivity (Wildman–Crippen MR) is 155 cm³/mol. The number of aromatic nitrogens is 1. The van der Waals surface area contributed by atoms with Gasteiger partial charge in [0.15, 0.2) is 23.2 Å². The van der Waals surface area contributed by atoms with Crippen LogP contribution < -0.4 is 25.9 Å². The molecule has 1 aromatic heterocycles. The maximum atomic E-state index is 12.6. The van der Waals surface area contributed by atoms with Crippen molar-refractivity contribution in [1.82, 2.24) is 10.4 Å². The van der Waals surface area contributed by atoms with Crippen molar-refractivity contribution in [2.24, 2.45) is 10.8 Å². The lowest BCUT2D eigenvalue weighted by Gasteiger charge is -2.13. The fraction of sp³-hybridized carbons (Fsp3) is 0.111. The van der Waals surface area contributed by atoms with Gasteiger partial charge >= 0.3 is 0 Å². The first-order chi connectivity index (χ1) is 18.8. The Kier molecular flexibility index (Phi) is 9.37. The molecule has 4 N–H and O–H groups in total. The van der Waals surface area contributed by atoms with Gasteiger partial charge in [0.1, 0.15) is 0 Å². The Morgan fingerprint density at radius 2 is 1.82 bits per heavy atom. The van der Waals surface area contributed by atoms with Gasteiger partial charge in [-0.15, -0.1) is 11.3 Å². The van der Waals surface area contributed by atoms with Crippen molar-refractivity contribution in [2.75, 3.05) is 18.5 Å². The molecule has 0 aliphatic heterocycles. The van der Waals surface area contributed by atoms with Crippen LogP contribution in [0.25, 0.3) is 11.3 Å². The van der Waals surface area contributed by atoms with Crippen LogP contribution in [0.3, 0.4) is 0 Å². The molecule has 0 bridgehead atoms. The maximum Gasteiger partial charge on any atom is 0.271 e. The molecule has 0 aliphatic carbocycles. The van der Waals surface area contributed by atoms with Crippen LogP contribution in [-0.4, -0.2) is 36.2 Å². The highest BCUT2D eigenvalue weighted by atomic mass is 35.5. The highest BCUT2D eigenvalue weighted by Gasteiger charge is 2.14. The summed E-state index contributed by atoms with van der Waals surface area (Å²) < 4.78 is 10.9. The summed E-state index contributed by atoms with van der Waals surface area (Å²) in [5.74, 6) is -0.508. The number of nitrogens with one attached hydrogen (secondary N) is 2. The number of hydrazone groups is 1. The molecule has 0 aliphatic rings. The molecule has 200 valence electrons. The Hall–Kier alpha value is -4.12. The number of amides is 2. The van der Waals surface area contributed by atoms with Crippen LogP contribution in [0.4, 0.5) is 10.8 Å². The first-order valence-corrected chi connectivity index (χ1v) is 13.3. The second-order valence-corrected chi connectivity index (χ2v) is 9.67. The highest BCUT2D eigenvalue weighted by Crippen LogP contribution is 2.36. The highest BCUT2D eigenvalue weighted by molar-refractivity contribution is 7.14. The van der Waals surface area contributed by atoms with Crippen LogP contribution >= 0.6 is 34.5 Å². The standard InChI is InChI=1S/C27H23Cl2N5O4S/c1-2-37-23-12-16(11-21(29)25(23)38-14-24(30)35)13-31-34-26(36)18-5-3-17(4-6-18)22-15-39-27(33-22)32-20-9-7-19(28)8-10-20/h3-13,15H,2,14H2,1H3,(H2,30,35)(H,32,33)(H,34,36)/b31-13-. The van der Waals surface area contributed by atoms with Gasteiger partial charge in [-0.05, 0) is 61.0 Å². The van der Waals surface area contributed by atoms with Gasteiger partial charge in [0.25, 0.3) is 11.8 Å². The number of carbonyl (C=O) groups excluding carboxylic acids is 2. The fourth-order valence-corrected chi connectivity index (χ4v) is 4.49. The minimum Gasteiger partial charge on any atom is -0.490 e. The smallest absolute Gasteiger partial charge is 0.271 e. The number of halogens is 2. The van der Waals surface area contributed by atoms with E-state index in [1.165, 1.54) is 17.6 Å². The molecular formula is C27H23Cl2N5O4S. The average molecular weight is 584 g/mol. The molecule has 3 aromatic carbocycles. The summed E-state index contributed by atoms with van der Waals surface area (Å²) in [5.41, 5.74) is 11.1. The van der Waals surface area contributed by atoms with Gasteiger partial charge in [0, 0.05) is 27.2 Å². The molecule has 0 saturated carbocycles. The molecule has 4 aromatic rings. The van der Waals surface area contributed by atoms with E-state index in [0.717, 1.165) is 22.1 Å². The molecule has 0 spiro atoms. The van der Waals surface area contributed by atoms with Gasteiger partial charge in [-0.1, -0.05) is 35.3 Å². The Balaban J connectivity index is 1.38. The SMILES string of the molecule is CCOc1cc(/C=N\NC(=O)c2ccc(-c3csc(Nc4ccc(Cl)cc4)n3)cc2)cc(Cl)c1OCC(N)=O. The summed E-state index contributed by atoms with van der Waals surface area (Å²) in [6, 6.07) is 17.6. The Morgan fingerprint density at radius 3 is 2.51 bits per heavy atom. The molecular weight excluding hydrogens is 561 g/mol. The van der Waals surface area contributed by atoms with E-state index >= 15 is 0 Å². The van der Waals surface area contributed by atoms with E-state index in [-0.39, 0.29) is 17.4 Å². The molecule has 39 heavy (non-hydrogen) atoms. The molecule has 0 fully saturated rings. The van der Waals surface area contributed by atoms with E-state index < -0.39 is 11.8 Å². The number of nitrogens with two attached hydrogens (primary N) is 1. The fourth-order valence-electron chi connectivity index (χ4n) is 3.35. The molecule has 4 rings (SSSR count). The lowest BCUT2D eigenvalue weighted by Crippen LogP contribution is -2.20. The Morgan fingerprint density at radius 1 is 1.08 bits per heavy atom. The second kappa shape index (κ2) is 13.1. The number of carbonyl (C=O) groups is 2. The molecule has 0 atom stereocenters. The average Bonchev–Trinajstić information content (AvgIpc) is 3.38. The molecule has 9 nitrogen and oxygen atoms in total. The lowest BCUT2D eigenvalue weighted by atomic mass is 10.1. The first-order valence-electron chi connectivity index (χ1n) is 11.6. The minimum absolute atomic E-state index is 0.201. The topological polar surface area (TPSA) is 128 Å². The lowest BCUT2D eigenvalue weighted by molar-refractivity contribution is -0.119. The predicted octanol–water partition coefficient (Wildman–Crippen LogP) is 5.89. The summed E-state index contributed by atoms with van der Waals surface area (Å²) in [7, 11) is 0. The summed E-state index contributed by atoms with van der Waals surface area (Å²) in [5, 5.41) is 10.8. The van der Waals surface area contributed by atoms with Crippen LogP contribution in [-0.2, 0) is 4.79 Å². The summed E-state index contributed by atoms with van der Waals surface area (Å²) >= 11 is 13.7. The minimum atomic E-state index is -0.641. The molecule has 0 unspecified atom stereocenters. The first kappa shape index (κ1) is 27.9. The molecule has 0 radical (unpaired) electrons. The second-order valence-electron chi connectivity index (χ2n) is 7.96. The zero-order valence-corrected chi connectivity index (χ0v) is 22.9. The van der Waals surface area contributed by atoms with E-state index in [9.17, 15) is 9.59 Å². The third kappa shape index (κ3) is 7.70. The van der Waals surface area contributed by atoms with Crippen LogP contribution in [0.2, 0.25) is 10.0 Å². The quantitative estimate of drug-likeness (QED) is 0.149. The number of hydrogen-bond donors (Lipinski definition) is 3. The summed E-state index contributed by atoms with van der Waals surface area (Å²) in [4.78, 5) is 28.2. The molecule has 2 amide bonds. The van der Waals surface area contributed by atoms with Gasteiger partial charge < -0.3 is 20.5 Å². The van der Waals surface area contributed by atoms with E-state index in [1.807, 2.05) is 29.6 Å². The summed E-state index contributed by atoms with van der Waals surface area (Å²) in [6.45, 7) is 1.80. The van der Waals surface area contributed by atoms with Gasteiger partial charge in [-0.3, -0.25) is 9.59 Å². The normalized spacial score (nSPS) is 10.8. The number of benzene rings is 3. The van der Waals surface area contributed by atoms with Gasteiger partial charge in [0.2, 0.25) is 0 Å². The third-order valence-corrected chi connectivity index (χ3v) is 6.40. The molecule has 0 saturated heterocycles. The number of primary amides is 1.